The Morgan fingerprint density at radius 1 is 1.28 bits per heavy atom. The van der Waals surface area contributed by atoms with Crippen molar-refractivity contribution < 1.29 is 17.6 Å². The van der Waals surface area contributed by atoms with Crippen LogP contribution >= 0.6 is 11.3 Å². The number of carbonyl (C=O) groups excluding carboxylic acids is 1. The summed E-state index contributed by atoms with van der Waals surface area (Å²) in [5, 5.41) is 8.56. The maximum absolute atomic E-state index is 12.2. The first-order valence-corrected chi connectivity index (χ1v) is 9.48. The molecule has 0 radical (unpaired) electrons. The number of anilines is 1. The van der Waals surface area contributed by atoms with Crippen LogP contribution in [0.25, 0.3) is 22.4 Å². The van der Waals surface area contributed by atoms with Crippen molar-refractivity contribution in [2.24, 2.45) is 5.14 Å². The number of primary sulfonamides is 1. The van der Waals surface area contributed by atoms with Crippen LogP contribution in [0.4, 0.5) is 5.69 Å². The number of nitrogens with one attached hydrogen (secondary N) is 1. The molecule has 3 heterocycles. The SMILES string of the molecule is NS(=O)(=O)c1ccc2c(c1)/C(=C\c1cnc(-c3ccco3)s1)C(=O)N2. The summed E-state index contributed by atoms with van der Waals surface area (Å²) in [6, 6.07) is 7.84. The Balaban J connectivity index is 1.77. The van der Waals surface area contributed by atoms with Gasteiger partial charge < -0.3 is 9.73 Å². The van der Waals surface area contributed by atoms with E-state index < -0.39 is 10.0 Å². The average molecular weight is 373 g/mol. The number of fused-ring (bicyclic) bond motifs is 1. The minimum atomic E-state index is -3.85. The average Bonchev–Trinajstić information content (AvgIpc) is 3.27. The number of benzene rings is 1. The number of nitrogens with two attached hydrogens (primary N) is 1. The van der Waals surface area contributed by atoms with Crippen LogP contribution in [0, 0.1) is 0 Å². The predicted molar refractivity (Wildman–Crippen MR) is 94.1 cm³/mol. The van der Waals surface area contributed by atoms with Gasteiger partial charge in [-0.15, -0.1) is 11.3 Å². The third kappa shape index (κ3) is 2.88. The Morgan fingerprint density at radius 2 is 2.12 bits per heavy atom. The Bertz CT molecular complexity index is 1110. The second-order valence-electron chi connectivity index (χ2n) is 5.31. The third-order valence-electron chi connectivity index (χ3n) is 3.64. The van der Waals surface area contributed by atoms with Gasteiger partial charge in [-0.05, 0) is 36.4 Å². The van der Waals surface area contributed by atoms with Gasteiger partial charge in [-0.25, -0.2) is 18.5 Å². The van der Waals surface area contributed by atoms with Gasteiger partial charge >= 0.3 is 0 Å². The Labute approximate surface area is 146 Å². The number of hydrogen-bond donors (Lipinski definition) is 2. The molecule has 1 amide bonds. The number of rotatable bonds is 3. The highest BCUT2D eigenvalue weighted by molar-refractivity contribution is 7.89. The van der Waals surface area contributed by atoms with Gasteiger partial charge in [-0.3, -0.25) is 4.79 Å². The number of amides is 1. The molecule has 3 N–H and O–H groups in total. The summed E-state index contributed by atoms with van der Waals surface area (Å²) in [7, 11) is -3.85. The van der Waals surface area contributed by atoms with E-state index in [0.29, 0.717) is 27.6 Å². The quantitative estimate of drug-likeness (QED) is 0.685. The van der Waals surface area contributed by atoms with Crippen molar-refractivity contribution in [3.63, 3.8) is 0 Å². The highest BCUT2D eigenvalue weighted by atomic mass is 32.2. The molecule has 7 nitrogen and oxygen atoms in total. The number of carbonyl (C=O) groups is 1. The Hall–Kier alpha value is -2.75. The van der Waals surface area contributed by atoms with Crippen molar-refractivity contribution in [1.29, 1.82) is 0 Å². The fourth-order valence-electron chi connectivity index (χ4n) is 2.50. The van der Waals surface area contributed by atoms with E-state index in [1.54, 1.807) is 30.7 Å². The summed E-state index contributed by atoms with van der Waals surface area (Å²) in [6.07, 6.45) is 4.85. The molecule has 0 saturated heterocycles. The number of aromatic nitrogens is 1. The third-order valence-corrected chi connectivity index (χ3v) is 5.51. The minimum Gasteiger partial charge on any atom is -0.462 e. The van der Waals surface area contributed by atoms with Gasteiger partial charge in [0.15, 0.2) is 10.8 Å². The van der Waals surface area contributed by atoms with Crippen molar-refractivity contribution in [2.75, 3.05) is 5.32 Å². The standard InChI is InChI=1S/C16H11N3O4S2/c17-25(21,22)10-3-4-13-11(7-10)12(15(20)19-13)6-9-8-18-16(24-9)14-2-1-5-23-14/h1-8H,(H,19,20)(H2,17,21,22)/b12-6+. The molecule has 1 aliphatic rings. The summed E-state index contributed by atoms with van der Waals surface area (Å²) < 4.78 is 28.4. The smallest absolute Gasteiger partial charge is 0.256 e. The highest BCUT2D eigenvalue weighted by Gasteiger charge is 2.26. The second-order valence-corrected chi connectivity index (χ2v) is 7.93. The Kier molecular flexibility index (Phi) is 3.57. The summed E-state index contributed by atoms with van der Waals surface area (Å²) in [6.45, 7) is 0. The summed E-state index contributed by atoms with van der Waals surface area (Å²) in [5.74, 6) is 0.331. The summed E-state index contributed by atoms with van der Waals surface area (Å²) in [5.41, 5.74) is 1.39. The molecule has 0 fully saturated rings. The molecule has 0 aliphatic carbocycles. The molecule has 1 aromatic carbocycles. The van der Waals surface area contributed by atoms with E-state index in [2.05, 4.69) is 10.3 Å². The second kappa shape index (κ2) is 5.66. The number of nitrogens with zero attached hydrogens (tertiary/aromatic N) is 1. The predicted octanol–water partition coefficient (Wildman–Crippen LogP) is 2.54. The fraction of sp³-hybridized carbons (Fsp3) is 0. The van der Waals surface area contributed by atoms with Gasteiger partial charge in [0.2, 0.25) is 10.0 Å². The molecule has 0 spiro atoms. The monoisotopic (exact) mass is 373 g/mol. The molecular formula is C16H11N3O4S2. The van der Waals surface area contributed by atoms with Gasteiger partial charge in [0.1, 0.15) is 0 Å². The highest BCUT2D eigenvalue weighted by Crippen LogP contribution is 2.36. The number of furan rings is 1. The zero-order valence-electron chi connectivity index (χ0n) is 12.6. The molecule has 1 aliphatic heterocycles. The zero-order valence-corrected chi connectivity index (χ0v) is 14.2. The number of hydrogen-bond acceptors (Lipinski definition) is 6. The maximum Gasteiger partial charge on any atom is 0.256 e. The summed E-state index contributed by atoms with van der Waals surface area (Å²) >= 11 is 1.36. The first-order chi connectivity index (χ1) is 11.9. The van der Waals surface area contributed by atoms with E-state index in [9.17, 15) is 13.2 Å². The summed E-state index contributed by atoms with van der Waals surface area (Å²) in [4.78, 5) is 17.2. The van der Waals surface area contributed by atoms with Gasteiger partial charge in [-0.2, -0.15) is 0 Å². The van der Waals surface area contributed by atoms with Crippen LogP contribution in [0.3, 0.4) is 0 Å². The van der Waals surface area contributed by atoms with Crippen molar-refractivity contribution in [3.05, 3.63) is 53.2 Å². The van der Waals surface area contributed by atoms with Gasteiger partial charge in [0.25, 0.3) is 5.91 Å². The molecule has 2 aromatic heterocycles. The van der Waals surface area contributed by atoms with Gasteiger partial charge in [0.05, 0.1) is 16.7 Å². The van der Waals surface area contributed by atoms with Crippen LogP contribution in [-0.4, -0.2) is 19.3 Å². The molecular weight excluding hydrogens is 362 g/mol. The number of sulfonamides is 1. The maximum atomic E-state index is 12.2. The Morgan fingerprint density at radius 3 is 2.84 bits per heavy atom. The molecule has 9 heteroatoms. The molecule has 0 saturated carbocycles. The van der Waals surface area contributed by atoms with Gasteiger partial charge in [-0.1, -0.05) is 0 Å². The lowest BCUT2D eigenvalue weighted by atomic mass is 10.1. The van der Waals surface area contributed by atoms with Gasteiger partial charge in [0, 0.05) is 22.3 Å². The normalized spacial score (nSPS) is 15.4. The molecule has 4 rings (SSSR count). The molecule has 126 valence electrons. The largest absolute Gasteiger partial charge is 0.462 e. The van der Waals surface area contributed by atoms with Crippen LogP contribution in [0.2, 0.25) is 0 Å². The van der Waals surface area contributed by atoms with Crippen molar-refractivity contribution in [3.8, 4) is 10.8 Å². The zero-order chi connectivity index (χ0) is 17.6. The van der Waals surface area contributed by atoms with Crippen LogP contribution in [0.5, 0.6) is 0 Å². The van der Waals surface area contributed by atoms with Crippen LogP contribution in [-0.2, 0) is 14.8 Å². The van der Waals surface area contributed by atoms with E-state index in [1.807, 2.05) is 0 Å². The molecule has 0 atom stereocenters. The lowest BCUT2D eigenvalue weighted by molar-refractivity contribution is -0.110. The van der Waals surface area contributed by atoms with Crippen molar-refractivity contribution >= 4 is 44.6 Å². The first-order valence-electron chi connectivity index (χ1n) is 7.12. The van der Waals surface area contributed by atoms with E-state index in [0.717, 1.165) is 4.88 Å². The first kappa shape index (κ1) is 15.8. The van der Waals surface area contributed by atoms with E-state index in [-0.39, 0.29) is 10.8 Å². The molecule has 3 aromatic rings. The molecule has 0 bridgehead atoms. The van der Waals surface area contributed by atoms with Crippen LogP contribution in [0.1, 0.15) is 10.4 Å². The van der Waals surface area contributed by atoms with E-state index in [1.165, 1.54) is 29.5 Å². The van der Waals surface area contributed by atoms with E-state index >= 15 is 0 Å². The molecule has 25 heavy (non-hydrogen) atoms. The minimum absolute atomic E-state index is 0.0470. The fourth-order valence-corrected chi connectivity index (χ4v) is 3.86. The number of thiazole rings is 1. The lowest BCUT2D eigenvalue weighted by Crippen LogP contribution is -2.12. The topological polar surface area (TPSA) is 115 Å². The van der Waals surface area contributed by atoms with E-state index in [4.69, 9.17) is 9.56 Å². The molecule has 0 unspecified atom stereocenters. The van der Waals surface area contributed by atoms with Crippen molar-refractivity contribution in [1.82, 2.24) is 4.98 Å². The lowest BCUT2D eigenvalue weighted by Gasteiger charge is -2.02. The van der Waals surface area contributed by atoms with Crippen LogP contribution in [0.15, 0.2) is 52.1 Å². The van der Waals surface area contributed by atoms with Crippen LogP contribution < -0.4 is 10.5 Å². The van der Waals surface area contributed by atoms with Crippen molar-refractivity contribution in [2.45, 2.75) is 4.90 Å².